The highest BCUT2D eigenvalue weighted by molar-refractivity contribution is 7.98. The van der Waals surface area contributed by atoms with Crippen LogP contribution < -0.4 is 5.56 Å². The van der Waals surface area contributed by atoms with Crippen LogP contribution in [0.15, 0.2) is 46.2 Å². The number of thiazole rings is 1. The number of benzene rings is 1. The number of aromatic nitrogens is 2. The van der Waals surface area contributed by atoms with Gasteiger partial charge >= 0.3 is 0 Å². The minimum atomic E-state index is -0.0268. The van der Waals surface area contributed by atoms with E-state index in [1.165, 1.54) is 11.3 Å². The number of halogens is 1. The molecule has 0 amide bonds. The Bertz CT molecular complexity index is 825. The van der Waals surface area contributed by atoms with Crippen LogP contribution in [0, 0.1) is 6.92 Å². The van der Waals surface area contributed by atoms with Gasteiger partial charge in [-0.05, 0) is 25.1 Å². The van der Waals surface area contributed by atoms with Gasteiger partial charge in [-0.1, -0.05) is 17.7 Å². The van der Waals surface area contributed by atoms with Crippen LogP contribution >= 0.6 is 34.7 Å². The molecule has 6 heteroatoms. The number of hydrogen-bond donors (Lipinski definition) is 0. The molecule has 0 bridgehead atoms. The van der Waals surface area contributed by atoms with Crippen molar-refractivity contribution in [3.8, 4) is 0 Å². The smallest absolute Gasteiger partial charge is 0.258 e. The molecule has 2 aromatic heterocycles. The molecule has 0 aliphatic carbocycles. The SMILES string of the molecule is Cc1cn2c(=O)cc(CSc3cccc(Cl)c3)nc2s1. The van der Waals surface area contributed by atoms with Gasteiger partial charge in [-0.25, -0.2) is 4.98 Å². The number of thioether (sulfide) groups is 1. The lowest BCUT2D eigenvalue weighted by Gasteiger charge is -2.02. The van der Waals surface area contributed by atoms with Crippen LogP contribution in [-0.2, 0) is 5.75 Å². The lowest BCUT2D eigenvalue weighted by molar-refractivity contribution is 1.03. The van der Waals surface area contributed by atoms with E-state index in [-0.39, 0.29) is 5.56 Å². The van der Waals surface area contributed by atoms with Gasteiger partial charge in [-0.2, -0.15) is 0 Å². The number of aryl methyl sites for hydroxylation is 1. The van der Waals surface area contributed by atoms with E-state index < -0.39 is 0 Å². The Morgan fingerprint density at radius 2 is 2.25 bits per heavy atom. The van der Waals surface area contributed by atoms with E-state index in [1.54, 1.807) is 22.2 Å². The molecule has 3 aromatic rings. The van der Waals surface area contributed by atoms with E-state index in [0.29, 0.717) is 10.8 Å². The predicted octanol–water partition coefficient (Wildman–Crippen LogP) is 4.01. The van der Waals surface area contributed by atoms with Crippen molar-refractivity contribution >= 4 is 39.7 Å². The quantitative estimate of drug-likeness (QED) is 0.683. The van der Waals surface area contributed by atoms with E-state index in [9.17, 15) is 4.79 Å². The number of fused-ring (bicyclic) bond motifs is 1. The third-order valence-electron chi connectivity index (χ3n) is 2.72. The van der Waals surface area contributed by atoms with E-state index in [0.717, 1.165) is 20.4 Å². The minimum Gasteiger partial charge on any atom is -0.269 e. The van der Waals surface area contributed by atoms with Crippen LogP contribution in [-0.4, -0.2) is 9.38 Å². The lowest BCUT2D eigenvalue weighted by Crippen LogP contribution is -2.12. The summed E-state index contributed by atoms with van der Waals surface area (Å²) >= 11 is 9.10. The fraction of sp³-hybridized carbons (Fsp3) is 0.143. The normalized spacial score (nSPS) is 11.1. The Kier molecular flexibility index (Phi) is 3.83. The topological polar surface area (TPSA) is 34.4 Å². The second-order valence-electron chi connectivity index (χ2n) is 4.33. The summed E-state index contributed by atoms with van der Waals surface area (Å²) in [5, 5.41) is 0.715. The van der Waals surface area contributed by atoms with Gasteiger partial charge in [0.05, 0.1) is 5.69 Å². The molecule has 3 nitrogen and oxygen atoms in total. The molecule has 0 atom stereocenters. The van der Waals surface area contributed by atoms with Gasteiger partial charge in [0.1, 0.15) is 0 Å². The van der Waals surface area contributed by atoms with Crippen molar-refractivity contribution < 1.29 is 0 Å². The van der Waals surface area contributed by atoms with Gasteiger partial charge < -0.3 is 0 Å². The summed E-state index contributed by atoms with van der Waals surface area (Å²) in [6, 6.07) is 9.26. The summed E-state index contributed by atoms with van der Waals surface area (Å²) in [4.78, 5) is 19.4. The van der Waals surface area contributed by atoms with Crippen molar-refractivity contribution in [1.29, 1.82) is 0 Å². The summed E-state index contributed by atoms with van der Waals surface area (Å²) in [5.41, 5.74) is 0.767. The third kappa shape index (κ3) is 2.90. The van der Waals surface area contributed by atoms with Crippen molar-refractivity contribution in [2.45, 2.75) is 17.6 Å². The highest BCUT2D eigenvalue weighted by Crippen LogP contribution is 2.24. The van der Waals surface area contributed by atoms with E-state index in [1.807, 2.05) is 37.4 Å². The van der Waals surface area contributed by atoms with Crippen LogP contribution in [0.1, 0.15) is 10.6 Å². The molecule has 0 aliphatic heterocycles. The summed E-state index contributed by atoms with van der Waals surface area (Å²) in [7, 11) is 0. The van der Waals surface area contributed by atoms with Crippen molar-refractivity contribution in [1.82, 2.24) is 9.38 Å². The monoisotopic (exact) mass is 322 g/mol. The van der Waals surface area contributed by atoms with Gasteiger partial charge in [-0.15, -0.1) is 23.1 Å². The first-order valence-corrected chi connectivity index (χ1v) is 8.17. The van der Waals surface area contributed by atoms with Crippen molar-refractivity contribution in [2.75, 3.05) is 0 Å². The van der Waals surface area contributed by atoms with Crippen LogP contribution in [0.5, 0.6) is 0 Å². The first kappa shape index (κ1) is 13.7. The van der Waals surface area contributed by atoms with Crippen LogP contribution in [0.3, 0.4) is 0 Å². The Morgan fingerprint density at radius 3 is 3.05 bits per heavy atom. The number of rotatable bonds is 3. The highest BCUT2D eigenvalue weighted by atomic mass is 35.5. The molecule has 0 saturated heterocycles. The molecular formula is C14H11ClN2OS2. The zero-order valence-corrected chi connectivity index (χ0v) is 13.1. The fourth-order valence-corrected chi connectivity index (χ4v) is 3.80. The molecule has 0 unspecified atom stereocenters. The van der Waals surface area contributed by atoms with Gasteiger partial charge in [0, 0.05) is 32.8 Å². The molecule has 2 heterocycles. The molecule has 0 radical (unpaired) electrons. The number of hydrogen-bond acceptors (Lipinski definition) is 4. The van der Waals surface area contributed by atoms with Gasteiger partial charge in [-0.3, -0.25) is 9.20 Å². The first-order chi connectivity index (χ1) is 9.61. The van der Waals surface area contributed by atoms with Gasteiger partial charge in [0.15, 0.2) is 4.96 Å². The molecule has 20 heavy (non-hydrogen) atoms. The highest BCUT2D eigenvalue weighted by Gasteiger charge is 2.06. The maximum Gasteiger partial charge on any atom is 0.258 e. The Hall–Kier alpha value is -1.30. The average Bonchev–Trinajstić information content (AvgIpc) is 2.78. The zero-order valence-electron chi connectivity index (χ0n) is 10.7. The summed E-state index contributed by atoms with van der Waals surface area (Å²) < 4.78 is 1.59. The number of nitrogens with zero attached hydrogens (tertiary/aromatic N) is 2. The molecule has 1 aromatic carbocycles. The van der Waals surface area contributed by atoms with Crippen LogP contribution in [0.2, 0.25) is 5.02 Å². The molecule has 0 N–H and O–H groups in total. The van der Waals surface area contributed by atoms with Crippen LogP contribution in [0.4, 0.5) is 0 Å². The maximum atomic E-state index is 12.0. The van der Waals surface area contributed by atoms with Crippen molar-refractivity contribution in [2.24, 2.45) is 0 Å². The largest absolute Gasteiger partial charge is 0.269 e. The standard InChI is InChI=1S/C14H11ClN2OS2/c1-9-7-17-13(18)6-11(16-14(17)20-9)8-19-12-4-2-3-10(15)5-12/h2-7H,8H2,1H3. The average molecular weight is 323 g/mol. The Balaban J connectivity index is 1.86. The Labute approximate surface area is 129 Å². The molecule has 0 saturated carbocycles. The maximum absolute atomic E-state index is 12.0. The molecule has 102 valence electrons. The second-order valence-corrected chi connectivity index (χ2v) is 7.02. The summed E-state index contributed by atoms with van der Waals surface area (Å²) in [5.74, 6) is 0.656. The minimum absolute atomic E-state index is 0.0268. The van der Waals surface area contributed by atoms with Gasteiger partial charge in [0.2, 0.25) is 0 Å². The second kappa shape index (κ2) is 5.60. The molecular weight excluding hydrogens is 312 g/mol. The molecule has 0 aliphatic rings. The van der Waals surface area contributed by atoms with Crippen molar-refractivity contribution in [3.05, 3.63) is 62.5 Å². The summed E-state index contributed by atoms with van der Waals surface area (Å²) in [6.07, 6.45) is 1.82. The molecule has 0 fully saturated rings. The molecule has 0 spiro atoms. The Morgan fingerprint density at radius 1 is 1.40 bits per heavy atom. The van der Waals surface area contributed by atoms with E-state index in [4.69, 9.17) is 11.6 Å². The van der Waals surface area contributed by atoms with Gasteiger partial charge in [0.25, 0.3) is 5.56 Å². The summed E-state index contributed by atoms with van der Waals surface area (Å²) in [6.45, 7) is 1.97. The lowest BCUT2D eigenvalue weighted by atomic mass is 10.4. The third-order valence-corrected chi connectivity index (χ3v) is 4.88. The zero-order chi connectivity index (χ0) is 14.1. The molecule has 3 rings (SSSR count). The first-order valence-electron chi connectivity index (χ1n) is 5.99. The van der Waals surface area contributed by atoms with E-state index in [2.05, 4.69) is 4.98 Å². The van der Waals surface area contributed by atoms with Crippen molar-refractivity contribution in [3.63, 3.8) is 0 Å². The van der Waals surface area contributed by atoms with Crippen LogP contribution in [0.25, 0.3) is 4.96 Å². The fourth-order valence-electron chi connectivity index (χ4n) is 1.85. The predicted molar refractivity (Wildman–Crippen MR) is 85.1 cm³/mol. The van der Waals surface area contributed by atoms with E-state index >= 15 is 0 Å².